The number of nitrogens with two attached hydrogens (primary N) is 2. The van der Waals surface area contributed by atoms with E-state index in [9.17, 15) is 4.79 Å². The summed E-state index contributed by atoms with van der Waals surface area (Å²) in [6, 6.07) is 3.40. The molecule has 142 valence electrons. The zero-order valence-corrected chi connectivity index (χ0v) is 15.4. The van der Waals surface area contributed by atoms with Crippen LogP contribution in [0.3, 0.4) is 0 Å². The number of primary amides is 1. The number of pyridine rings is 1. The van der Waals surface area contributed by atoms with E-state index in [0.29, 0.717) is 35.1 Å². The Bertz CT molecular complexity index is 754. The monoisotopic (exact) mass is 363 g/mol. The Morgan fingerprint density at radius 2 is 2.12 bits per heavy atom. The molecule has 0 bridgehead atoms. The van der Waals surface area contributed by atoms with E-state index in [2.05, 4.69) is 15.2 Å². The second kappa shape index (κ2) is 7.94. The number of aromatic amines is 1. The second-order valence-electron chi connectivity index (χ2n) is 6.83. The van der Waals surface area contributed by atoms with Crippen molar-refractivity contribution in [3.63, 3.8) is 0 Å². The first-order chi connectivity index (χ1) is 12.2. The van der Waals surface area contributed by atoms with Crippen LogP contribution >= 0.6 is 0 Å². The van der Waals surface area contributed by atoms with Gasteiger partial charge in [-0.1, -0.05) is 20.8 Å². The predicted molar refractivity (Wildman–Crippen MR) is 96.8 cm³/mol. The average Bonchev–Trinajstić information content (AvgIpc) is 2.98. The molecule has 0 spiro atoms. The molecular weight excluding hydrogens is 338 g/mol. The molecule has 1 unspecified atom stereocenters. The molecule has 0 saturated heterocycles. The molecule has 0 radical (unpaired) electrons. The number of methoxy groups -OCH3 is 1. The van der Waals surface area contributed by atoms with Gasteiger partial charge in [0, 0.05) is 18.7 Å². The molecule has 0 aromatic carbocycles. The molecule has 0 aliphatic rings. The smallest absolute Gasteiger partial charge is 0.404 e. The first kappa shape index (κ1) is 19.4. The maximum absolute atomic E-state index is 10.8. The largest absolute Gasteiger partial charge is 0.496 e. The van der Waals surface area contributed by atoms with Crippen LogP contribution < -0.4 is 20.9 Å². The third-order valence-electron chi connectivity index (χ3n) is 3.81. The van der Waals surface area contributed by atoms with Crippen LogP contribution in [0.25, 0.3) is 11.3 Å². The van der Waals surface area contributed by atoms with Crippen molar-refractivity contribution in [1.29, 1.82) is 0 Å². The Kier molecular flexibility index (Phi) is 5.91. The normalized spacial score (nSPS) is 12.5. The van der Waals surface area contributed by atoms with Crippen molar-refractivity contribution in [3.8, 4) is 22.9 Å². The number of nitrogens with zero attached hydrogens (tertiary/aromatic N) is 2. The number of carbonyl (C=O) groups is 1. The summed E-state index contributed by atoms with van der Waals surface area (Å²) in [7, 11) is 1.56. The maximum Gasteiger partial charge on any atom is 0.404 e. The summed E-state index contributed by atoms with van der Waals surface area (Å²) in [4.78, 5) is 15.2. The number of anilines is 1. The van der Waals surface area contributed by atoms with Crippen molar-refractivity contribution in [2.24, 2.45) is 11.1 Å². The summed E-state index contributed by atoms with van der Waals surface area (Å²) >= 11 is 0. The van der Waals surface area contributed by atoms with E-state index in [1.54, 1.807) is 25.4 Å². The molecule has 2 rings (SSSR count). The fraction of sp³-hybridized carbons (Fsp3) is 0.471. The number of hydrogen-bond acceptors (Lipinski definition) is 7. The van der Waals surface area contributed by atoms with Gasteiger partial charge < -0.3 is 25.7 Å². The first-order valence-electron chi connectivity index (χ1n) is 8.15. The van der Waals surface area contributed by atoms with Crippen molar-refractivity contribution < 1.29 is 19.0 Å². The molecule has 0 aliphatic carbocycles. The van der Waals surface area contributed by atoms with Crippen molar-refractivity contribution in [2.75, 3.05) is 19.5 Å². The SMILES string of the molecule is COc1ccnc(OC(CCOC(N)=O)C(C)(C)C)c1-c1cc(N)n[nH]1. The van der Waals surface area contributed by atoms with E-state index >= 15 is 0 Å². The minimum Gasteiger partial charge on any atom is -0.496 e. The van der Waals surface area contributed by atoms with Crippen molar-refractivity contribution in [2.45, 2.75) is 33.3 Å². The minimum atomic E-state index is -0.814. The van der Waals surface area contributed by atoms with Crippen LogP contribution in [0.4, 0.5) is 10.6 Å². The van der Waals surface area contributed by atoms with Gasteiger partial charge in [0.15, 0.2) is 0 Å². The number of aromatic nitrogens is 3. The number of nitrogens with one attached hydrogen (secondary N) is 1. The second-order valence-corrected chi connectivity index (χ2v) is 6.83. The highest BCUT2D eigenvalue weighted by molar-refractivity contribution is 5.73. The predicted octanol–water partition coefficient (Wildman–Crippen LogP) is 2.34. The average molecular weight is 363 g/mol. The lowest BCUT2D eigenvalue weighted by atomic mass is 9.87. The van der Waals surface area contributed by atoms with Crippen LogP contribution in [-0.2, 0) is 4.74 Å². The van der Waals surface area contributed by atoms with E-state index in [0.717, 1.165) is 0 Å². The van der Waals surface area contributed by atoms with E-state index in [4.69, 9.17) is 25.7 Å². The van der Waals surface area contributed by atoms with Crippen LogP contribution in [0.2, 0.25) is 0 Å². The van der Waals surface area contributed by atoms with Crippen molar-refractivity contribution >= 4 is 11.9 Å². The van der Waals surface area contributed by atoms with Gasteiger partial charge in [-0.2, -0.15) is 5.10 Å². The van der Waals surface area contributed by atoms with E-state index in [-0.39, 0.29) is 18.1 Å². The fourth-order valence-electron chi connectivity index (χ4n) is 2.47. The van der Waals surface area contributed by atoms with Crippen molar-refractivity contribution in [1.82, 2.24) is 15.2 Å². The zero-order chi connectivity index (χ0) is 19.3. The molecule has 1 atom stereocenters. The number of ether oxygens (including phenoxy) is 3. The summed E-state index contributed by atoms with van der Waals surface area (Å²) < 4.78 is 16.5. The van der Waals surface area contributed by atoms with Crippen LogP contribution in [0, 0.1) is 5.41 Å². The van der Waals surface area contributed by atoms with Gasteiger partial charge >= 0.3 is 6.09 Å². The van der Waals surface area contributed by atoms with Crippen LogP contribution in [-0.4, -0.2) is 41.1 Å². The number of rotatable bonds is 7. The first-order valence-corrected chi connectivity index (χ1v) is 8.15. The molecule has 1 amide bonds. The number of carbonyl (C=O) groups excluding carboxylic acids is 1. The van der Waals surface area contributed by atoms with Gasteiger partial charge in [-0.15, -0.1) is 0 Å². The van der Waals surface area contributed by atoms with Gasteiger partial charge in [-0.05, 0) is 11.5 Å². The van der Waals surface area contributed by atoms with Gasteiger partial charge in [0.25, 0.3) is 0 Å². The minimum absolute atomic E-state index is 0.146. The summed E-state index contributed by atoms with van der Waals surface area (Å²) in [5, 5.41) is 6.80. The Labute approximate surface area is 152 Å². The molecule has 9 heteroatoms. The quantitative estimate of drug-likeness (QED) is 0.686. The van der Waals surface area contributed by atoms with E-state index in [1.165, 1.54) is 0 Å². The van der Waals surface area contributed by atoms with Gasteiger partial charge in [0.1, 0.15) is 23.2 Å². The molecule has 9 nitrogen and oxygen atoms in total. The number of H-pyrrole nitrogens is 1. The summed E-state index contributed by atoms with van der Waals surface area (Å²) in [5.41, 5.74) is 11.7. The maximum atomic E-state index is 10.8. The molecule has 2 aromatic rings. The third-order valence-corrected chi connectivity index (χ3v) is 3.81. The number of nitrogen functional groups attached to an aromatic ring is 1. The van der Waals surface area contributed by atoms with E-state index < -0.39 is 6.09 Å². The van der Waals surface area contributed by atoms with Crippen LogP contribution in [0.15, 0.2) is 18.3 Å². The van der Waals surface area contributed by atoms with E-state index in [1.807, 2.05) is 20.8 Å². The molecule has 0 saturated carbocycles. The van der Waals surface area contributed by atoms with Gasteiger partial charge in [0.2, 0.25) is 5.88 Å². The van der Waals surface area contributed by atoms with Gasteiger partial charge in [-0.25, -0.2) is 9.78 Å². The topological polar surface area (TPSA) is 138 Å². The molecule has 0 fully saturated rings. The van der Waals surface area contributed by atoms with Crippen LogP contribution in [0.5, 0.6) is 11.6 Å². The molecule has 26 heavy (non-hydrogen) atoms. The molecule has 2 aromatic heterocycles. The standard InChI is InChI=1S/C17H25N5O4/c1-17(2,3)12(6-8-25-16(19)23)26-15-14(10-9-13(18)22-21-10)11(24-4)5-7-20-15/h5,7,9,12H,6,8H2,1-4H3,(H2,19,23)(H3,18,21,22). The van der Waals surface area contributed by atoms with Crippen LogP contribution in [0.1, 0.15) is 27.2 Å². The summed E-state index contributed by atoms with van der Waals surface area (Å²) in [6.07, 6.45) is 0.943. The van der Waals surface area contributed by atoms with Crippen molar-refractivity contribution in [3.05, 3.63) is 18.3 Å². The number of amides is 1. The Morgan fingerprint density at radius 1 is 1.38 bits per heavy atom. The number of hydrogen-bond donors (Lipinski definition) is 3. The summed E-state index contributed by atoms with van der Waals surface area (Å²) in [5.74, 6) is 1.28. The summed E-state index contributed by atoms with van der Waals surface area (Å²) in [6.45, 7) is 6.22. The Hall–Kier alpha value is -2.97. The lowest BCUT2D eigenvalue weighted by Crippen LogP contribution is -2.34. The molecule has 2 heterocycles. The van der Waals surface area contributed by atoms with Gasteiger partial charge in [0.05, 0.1) is 19.4 Å². The Morgan fingerprint density at radius 3 is 2.65 bits per heavy atom. The lowest BCUT2D eigenvalue weighted by molar-refractivity contribution is 0.0529. The highest BCUT2D eigenvalue weighted by Crippen LogP contribution is 2.38. The zero-order valence-electron chi connectivity index (χ0n) is 15.4. The molecule has 5 N–H and O–H groups in total. The Balaban J connectivity index is 2.34. The molecular formula is C17H25N5O4. The highest BCUT2D eigenvalue weighted by Gasteiger charge is 2.29. The van der Waals surface area contributed by atoms with Gasteiger partial charge in [-0.3, -0.25) is 5.10 Å². The highest BCUT2D eigenvalue weighted by atomic mass is 16.5. The third kappa shape index (κ3) is 4.78. The fourth-order valence-corrected chi connectivity index (χ4v) is 2.47. The molecule has 0 aliphatic heterocycles. The lowest BCUT2D eigenvalue weighted by Gasteiger charge is -2.31.